The van der Waals surface area contributed by atoms with E-state index in [0.717, 1.165) is 7.03 Å². The Bertz CT molecular complexity index is 203. The number of halogens is 1. The van der Waals surface area contributed by atoms with Crippen molar-refractivity contribution in [3.63, 3.8) is 0 Å². The zero-order valence-corrected chi connectivity index (χ0v) is 10.3. The van der Waals surface area contributed by atoms with E-state index in [-0.39, 0.29) is 0 Å². The van der Waals surface area contributed by atoms with Crippen LogP contribution in [-0.2, 0) is 36.3 Å². The molecule has 0 unspecified atom stereocenters. The molecule has 45 valence electrons. The van der Waals surface area contributed by atoms with E-state index in [2.05, 4.69) is 32.9 Å². The van der Waals surface area contributed by atoms with Gasteiger partial charge in [0.2, 0.25) is 0 Å². The molecule has 0 saturated carbocycles. The molecule has 0 fully saturated rings. The van der Waals surface area contributed by atoms with E-state index in [0.29, 0.717) is 0 Å². The molecule has 0 rings (SSSR count). The van der Waals surface area contributed by atoms with Crippen LogP contribution >= 0.6 is 15.9 Å². The Balaban J connectivity index is 3.90. The Hall–Kier alpha value is 0.723. The summed E-state index contributed by atoms with van der Waals surface area (Å²) in [5.74, 6) is 0. The molecule has 0 amide bonds. The van der Waals surface area contributed by atoms with Gasteiger partial charge < -0.3 is 0 Å². The molecule has 0 bridgehead atoms. The Morgan fingerprint density at radius 1 is 1.67 bits per heavy atom. The second-order valence-corrected chi connectivity index (χ2v) is 5.30. The zero-order valence-electron chi connectivity index (χ0n) is 4.34. The van der Waals surface area contributed by atoms with Crippen LogP contribution in [0.5, 0.6) is 0 Å². The minimum absolute atomic E-state index is 0.790. The van der Waals surface area contributed by atoms with Gasteiger partial charge >= 0.3 is 82.8 Å². The average molecular weight is 391 g/mol. The van der Waals surface area contributed by atoms with Crippen LogP contribution in [0.25, 0.3) is 0 Å². The number of rotatable bonds is 2. The molecule has 0 atom stereocenters. The van der Waals surface area contributed by atoms with Crippen molar-refractivity contribution in [1.82, 2.24) is 0 Å². The van der Waals surface area contributed by atoms with Crippen molar-refractivity contribution in [3.8, 4) is 6.07 Å². The van der Waals surface area contributed by atoms with Crippen LogP contribution in [0.4, 0.5) is 0 Å². The van der Waals surface area contributed by atoms with Crippen LogP contribution in [0.15, 0.2) is 12.2 Å². The summed E-state index contributed by atoms with van der Waals surface area (Å²) in [4.78, 5) is 0. The van der Waals surface area contributed by atoms with Crippen LogP contribution in [0.1, 0.15) is 0 Å². The second kappa shape index (κ2) is 5.50. The molecule has 0 saturated heterocycles. The van der Waals surface area contributed by atoms with Gasteiger partial charge in [0.05, 0.1) is 0 Å². The Morgan fingerprint density at radius 3 is 2.56 bits per heavy atom. The van der Waals surface area contributed by atoms with Crippen molar-refractivity contribution in [1.29, 1.82) is 5.26 Å². The maximum absolute atomic E-state index is 8.30. The fourth-order valence-electron chi connectivity index (χ4n) is 0.182. The number of nitriles is 1. The molecule has 0 aliphatic heterocycles. The predicted octanol–water partition coefficient (Wildman–Crippen LogP) is 0.857. The van der Waals surface area contributed by atoms with E-state index in [1.54, 1.807) is 6.08 Å². The summed E-state index contributed by atoms with van der Waals surface area (Å²) < 4.78 is 1.77. The van der Waals surface area contributed by atoms with E-state index >= 15 is 0 Å². The van der Waals surface area contributed by atoms with Gasteiger partial charge in [-0.1, -0.05) is 0 Å². The Labute approximate surface area is 82.2 Å². The van der Waals surface area contributed by atoms with E-state index in [1.807, 2.05) is 12.1 Å². The zero-order chi connectivity index (χ0) is 7.28. The van der Waals surface area contributed by atoms with E-state index in [4.69, 9.17) is 5.26 Å². The first-order valence-electron chi connectivity index (χ1n) is 2.00. The third-order valence-electron chi connectivity index (χ3n) is 0.482. The molecule has 4 heteroatoms. The van der Waals surface area contributed by atoms with Crippen molar-refractivity contribution in [3.05, 3.63) is 12.2 Å². The number of nitrogens with zero attached hydrogens (tertiary/aromatic N) is 1. The molecule has 0 aromatic rings. The molecule has 0 aliphatic rings. The van der Waals surface area contributed by atoms with Crippen LogP contribution in [0.3, 0.4) is 0 Å². The van der Waals surface area contributed by atoms with Crippen LogP contribution in [-0.4, -0.2) is 7.03 Å². The van der Waals surface area contributed by atoms with Gasteiger partial charge in [-0.15, -0.1) is 0 Å². The SMILES string of the molecule is N#C[C](=[W])/C=C\[C](=[V])Br. The Kier molecular flexibility index (Phi) is 5.95. The summed E-state index contributed by atoms with van der Waals surface area (Å²) in [6.07, 6.45) is 3.63. The molecular formula is C5H2BrNVW. The molecule has 0 heterocycles. The van der Waals surface area contributed by atoms with Crippen LogP contribution in [0, 0.1) is 11.3 Å². The van der Waals surface area contributed by atoms with Gasteiger partial charge in [0.15, 0.2) is 0 Å². The summed E-state index contributed by atoms with van der Waals surface area (Å²) in [6.45, 7) is 0. The summed E-state index contributed by atoms with van der Waals surface area (Å²) >= 11 is 6.76. The fraction of sp³-hybridized carbons (Fsp3) is 0. The summed E-state index contributed by atoms with van der Waals surface area (Å²) in [5, 5.41) is 8.30. The first-order valence-corrected chi connectivity index (χ1v) is 4.96. The molecule has 0 aliphatic carbocycles. The van der Waals surface area contributed by atoms with Gasteiger partial charge in [-0.25, -0.2) is 0 Å². The molecular weight excluding hydrogens is 389 g/mol. The first kappa shape index (κ1) is 9.72. The molecule has 0 spiro atoms. The minimum atomic E-state index is 0.790. The van der Waals surface area contributed by atoms with Gasteiger partial charge in [0.25, 0.3) is 0 Å². The molecule has 0 N–H and O–H groups in total. The third-order valence-corrected chi connectivity index (χ3v) is 1.80. The number of hydrogen-bond acceptors (Lipinski definition) is 1. The first-order chi connectivity index (χ1) is 4.16. The monoisotopic (exact) mass is 390 g/mol. The van der Waals surface area contributed by atoms with Crippen molar-refractivity contribution >= 4 is 23.0 Å². The third kappa shape index (κ3) is 6.61. The summed E-state index contributed by atoms with van der Waals surface area (Å²) in [7, 11) is 0. The summed E-state index contributed by atoms with van der Waals surface area (Å²) in [5.41, 5.74) is 0. The molecule has 1 nitrogen and oxygen atoms in total. The average Bonchev–Trinajstić information content (AvgIpc) is 1.83. The van der Waals surface area contributed by atoms with Crippen LogP contribution < -0.4 is 0 Å². The molecule has 9 heavy (non-hydrogen) atoms. The standard InChI is InChI=1S/C5H2BrN.V.W/c6-4-2-1-3-5-7;;/h1-2H;;/b2-1-;;. The van der Waals surface area contributed by atoms with Crippen molar-refractivity contribution < 1.29 is 36.3 Å². The van der Waals surface area contributed by atoms with Crippen LogP contribution in [0.2, 0.25) is 0 Å². The number of hydrogen-bond donors (Lipinski definition) is 0. The predicted molar refractivity (Wildman–Crippen MR) is 33.7 cm³/mol. The van der Waals surface area contributed by atoms with E-state index in [1.165, 1.54) is 19.4 Å². The van der Waals surface area contributed by atoms with E-state index < -0.39 is 0 Å². The van der Waals surface area contributed by atoms with E-state index in [9.17, 15) is 0 Å². The fourth-order valence-corrected chi connectivity index (χ4v) is 0.675. The molecule has 0 radical (unpaired) electrons. The topological polar surface area (TPSA) is 23.8 Å². The van der Waals surface area contributed by atoms with Gasteiger partial charge in [-0.3, -0.25) is 0 Å². The van der Waals surface area contributed by atoms with Crippen molar-refractivity contribution in [2.75, 3.05) is 0 Å². The van der Waals surface area contributed by atoms with Crippen molar-refractivity contribution in [2.45, 2.75) is 0 Å². The normalized spacial score (nSPS) is 8.78. The Morgan fingerprint density at radius 2 is 2.22 bits per heavy atom. The molecule has 0 aromatic carbocycles. The number of allylic oxidation sites excluding steroid dienone is 2. The van der Waals surface area contributed by atoms with Crippen molar-refractivity contribution in [2.24, 2.45) is 0 Å². The maximum atomic E-state index is 8.30. The quantitative estimate of drug-likeness (QED) is 0.686. The van der Waals surface area contributed by atoms with Gasteiger partial charge in [-0.05, 0) is 0 Å². The van der Waals surface area contributed by atoms with Gasteiger partial charge in [0.1, 0.15) is 0 Å². The molecule has 0 aromatic heterocycles. The second-order valence-electron chi connectivity index (χ2n) is 1.13. The van der Waals surface area contributed by atoms with Gasteiger partial charge in [-0.2, -0.15) is 0 Å². The summed E-state index contributed by atoms with van der Waals surface area (Å²) in [6, 6.07) is 2.05. The van der Waals surface area contributed by atoms with Gasteiger partial charge in [0, 0.05) is 0 Å².